The molecule has 0 atom stereocenters. The highest BCUT2D eigenvalue weighted by Crippen LogP contribution is 2.18. The molecule has 6 nitrogen and oxygen atoms in total. The molecule has 0 saturated heterocycles. The molecule has 0 heterocycles. The second kappa shape index (κ2) is 9.66. The molecule has 29 heavy (non-hydrogen) atoms. The molecule has 0 spiro atoms. The Bertz CT molecular complexity index is 1050. The lowest BCUT2D eigenvalue weighted by atomic mass is 10.1. The maximum absolute atomic E-state index is 12.5. The minimum atomic E-state index is -0.429. The average Bonchev–Trinajstić information content (AvgIpc) is 2.74. The third-order valence-corrected chi connectivity index (χ3v) is 4.49. The number of anilines is 1. The molecule has 2 N–H and O–H groups in total. The van der Waals surface area contributed by atoms with Crippen LogP contribution >= 0.6 is 15.9 Å². The van der Waals surface area contributed by atoms with Gasteiger partial charge in [0.05, 0.1) is 24.6 Å². The molecule has 0 radical (unpaired) electrons. The predicted molar refractivity (Wildman–Crippen MR) is 117 cm³/mol. The Labute approximate surface area is 176 Å². The minimum absolute atomic E-state index is 0.306. The molecular formula is C22H18BrN3O3. The van der Waals surface area contributed by atoms with Gasteiger partial charge in [-0.15, -0.1) is 0 Å². The van der Waals surface area contributed by atoms with Gasteiger partial charge < -0.3 is 10.1 Å². The highest BCUT2D eigenvalue weighted by molar-refractivity contribution is 9.10. The van der Waals surface area contributed by atoms with Gasteiger partial charge in [-0.25, -0.2) is 5.43 Å². The van der Waals surface area contributed by atoms with Crippen LogP contribution in [0.2, 0.25) is 0 Å². The number of hydrogen-bond donors (Lipinski definition) is 2. The summed E-state index contributed by atoms with van der Waals surface area (Å²) in [5.41, 5.74) is 4.47. The number of methoxy groups -OCH3 is 1. The molecule has 7 heteroatoms. The molecular weight excluding hydrogens is 434 g/mol. The van der Waals surface area contributed by atoms with E-state index >= 15 is 0 Å². The quantitative estimate of drug-likeness (QED) is 0.428. The number of rotatable bonds is 6. The third-order valence-electron chi connectivity index (χ3n) is 4.00. The Morgan fingerprint density at radius 1 is 0.966 bits per heavy atom. The van der Waals surface area contributed by atoms with Crippen LogP contribution in [-0.2, 0) is 0 Å². The first-order chi connectivity index (χ1) is 14.1. The molecule has 0 bridgehead atoms. The van der Waals surface area contributed by atoms with Crippen LogP contribution in [0.4, 0.5) is 5.69 Å². The van der Waals surface area contributed by atoms with Crippen molar-refractivity contribution in [3.8, 4) is 5.75 Å². The standard InChI is InChI=1S/C22H18BrN3O3/c1-29-18-11-9-16(10-12-18)21(27)25-20-8-3-2-7-19(20)22(28)26-24-14-15-5-4-6-17(23)13-15/h2-14H,1H3,(H,25,27)(H,26,28)/b24-14-. The number of ether oxygens (including phenoxy) is 1. The van der Waals surface area contributed by atoms with E-state index < -0.39 is 5.91 Å². The lowest BCUT2D eigenvalue weighted by molar-refractivity contribution is 0.0956. The smallest absolute Gasteiger partial charge is 0.273 e. The molecule has 0 fully saturated rings. The van der Waals surface area contributed by atoms with Gasteiger partial charge in [-0.2, -0.15) is 5.10 Å². The fraction of sp³-hybridized carbons (Fsp3) is 0.0455. The van der Waals surface area contributed by atoms with Gasteiger partial charge in [0.2, 0.25) is 0 Å². The maximum Gasteiger partial charge on any atom is 0.273 e. The lowest BCUT2D eigenvalue weighted by Gasteiger charge is -2.10. The normalized spacial score (nSPS) is 10.6. The molecule has 146 valence electrons. The third kappa shape index (κ3) is 5.52. The van der Waals surface area contributed by atoms with E-state index in [-0.39, 0.29) is 5.91 Å². The summed E-state index contributed by atoms with van der Waals surface area (Å²) in [7, 11) is 1.56. The first kappa shape index (κ1) is 20.3. The van der Waals surface area contributed by atoms with Crippen molar-refractivity contribution in [2.24, 2.45) is 5.10 Å². The molecule has 0 saturated carbocycles. The van der Waals surface area contributed by atoms with Crippen molar-refractivity contribution in [2.45, 2.75) is 0 Å². The van der Waals surface area contributed by atoms with Crippen LogP contribution in [0.5, 0.6) is 5.75 Å². The van der Waals surface area contributed by atoms with Crippen molar-refractivity contribution in [2.75, 3.05) is 12.4 Å². The largest absolute Gasteiger partial charge is 0.497 e. The SMILES string of the molecule is COc1ccc(C(=O)Nc2ccccc2C(=O)N/N=C\c2cccc(Br)c2)cc1. The van der Waals surface area contributed by atoms with Gasteiger partial charge in [-0.1, -0.05) is 40.2 Å². The van der Waals surface area contributed by atoms with Gasteiger partial charge in [-0.3, -0.25) is 9.59 Å². The topological polar surface area (TPSA) is 79.8 Å². The first-order valence-electron chi connectivity index (χ1n) is 8.70. The van der Waals surface area contributed by atoms with E-state index in [9.17, 15) is 9.59 Å². The number of nitrogens with one attached hydrogen (secondary N) is 2. The van der Waals surface area contributed by atoms with Gasteiger partial charge >= 0.3 is 0 Å². The number of carbonyl (C=O) groups is 2. The maximum atomic E-state index is 12.5. The zero-order valence-corrected chi connectivity index (χ0v) is 17.1. The number of halogens is 1. The second-order valence-corrected chi connectivity index (χ2v) is 6.90. The molecule has 2 amide bonds. The van der Waals surface area contributed by atoms with Crippen molar-refractivity contribution in [3.05, 3.63) is 94.0 Å². The fourth-order valence-electron chi connectivity index (χ4n) is 2.54. The summed E-state index contributed by atoms with van der Waals surface area (Å²) < 4.78 is 6.01. The van der Waals surface area contributed by atoms with Crippen LogP contribution in [0.25, 0.3) is 0 Å². The van der Waals surface area contributed by atoms with Gasteiger partial charge in [0, 0.05) is 10.0 Å². The van der Waals surface area contributed by atoms with Gasteiger partial charge in [-0.05, 0) is 54.1 Å². The second-order valence-electron chi connectivity index (χ2n) is 5.98. The summed E-state index contributed by atoms with van der Waals surface area (Å²) in [4.78, 5) is 25.0. The molecule has 0 unspecified atom stereocenters. The van der Waals surface area contributed by atoms with E-state index in [0.29, 0.717) is 22.6 Å². The number of hydrazone groups is 1. The molecule has 0 aromatic heterocycles. The molecule has 3 rings (SSSR count). The summed E-state index contributed by atoms with van der Waals surface area (Å²) in [5.74, 6) is -0.1000. The van der Waals surface area contributed by atoms with Gasteiger partial charge in [0.15, 0.2) is 0 Å². The van der Waals surface area contributed by atoms with Crippen molar-refractivity contribution in [1.29, 1.82) is 0 Å². The highest BCUT2D eigenvalue weighted by atomic mass is 79.9. The van der Waals surface area contributed by atoms with Crippen molar-refractivity contribution < 1.29 is 14.3 Å². The Kier molecular flexibility index (Phi) is 6.76. The summed E-state index contributed by atoms with van der Waals surface area (Å²) in [5, 5.41) is 6.75. The van der Waals surface area contributed by atoms with E-state index in [1.807, 2.05) is 24.3 Å². The number of nitrogens with zero attached hydrogens (tertiary/aromatic N) is 1. The van der Waals surface area contributed by atoms with Crippen LogP contribution < -0.4 is 15.5 Å². The molecule has 0 aliphatic rings. The number of carbonyl (C=O) groups excluding carboxylic acids is 2. The minimum Gasteiger partial charge on any atom is -0.497 e. The van der Waals surface area contributed by atoms with Crippen molar-refractivity contribution >= 4 is 39.6 Å². The highest BCUT2D eigenvalue weighted by Gasteiger charge is 2.13. The zero-order valence-electron chi connectivity index (χ0n) is 15.6. The summed E-state index contributed by atoms with van der Waals surface area (Å²) in [6.07, 6.45) is 1.54. The lowest BCUT2D eigenvalue weighted by Crippen LogP contribution is -2.21. The van der Waals surface area contributed by atoms with E-state index in [0.717, 1.165) is 10.0 Å². The van der Waals surface area contributed by atoms with Crippen LogP contribution in [0.3, 0.4) is 0 Å². The number of benzene rings is 3. The van der Waals surface area contributed by atoms with Crippen LogP contribution in [0, 0.1) is 0 Å². The number of para-hydroxylation sites is 1. The fourth-order valence-corrected chi connectivity index (χ4v) is 2.96. The first-order valence-corrected chi connectivity index (χ1v) is 9.49. The van der Waals surface area contributed by atoms with Crippen molar-refractivity contribution in [3.63, 3.8) is 0 Å². The monoisotopic (exact) mass is 451 g/mol. The van der Waals surface area contributed by atoms with Crippen molar-refractivity contribution in [1.82, 2.24) is 5.43 Å². The Balaban J connectivity index is 1.70. The Morgan fingerprint density at radius 2 is 1.72 bits per heavy atom. The van der Waals surface area contributed by atoms with E-state index in [4.69, 9.17) is 4.74 Å². The predicted octanol–water partition coefficient (Wildman–Crippen LogP) is 4.47. The molecule has 3 aromatic carbocycles. The molecule has 3 aromatic rings. The van der Waals surface area contributed by atoms with Gasteiger partial charge in [0.25, 0.3) is 11.8 Å². The Morgan fingerprint density at radius 3 is 2.45 bits per heavy atom. The Hall–Kier alpha value is -3.45. The van der Waals surface area contributed by atoms with E-state index in [1.54, 1.807) is 61.9 Å². The zero-order chi connectivity index (χ0) is 20.6. The van der Waals surface area contributed by atoms with Crippen LogP contribution in [0.1, 0.15) is 26.3 Å². The summed E-state index contributed by atoms with van der Waals surface area (Å²) >= 11 is 3.38. The van der Waals surface area contributed by atoms with E-state index in [2.05, 4.69) is 31.8 Å². The molecule has 0 aliphatic heterocycles. The van der Waals surface area contributed by atoms with Crippen LogP contribution in [-0.4, -0.2) is 25.1 Å². The molecule has 0 aliphatic carbocycles. The number of amides is 2. The average molecular weight is 452 g/mol. The van der Waals surface area contributed by atoms with E-state index in [1.165, 1.54) is 0 Å². The number of hydrogen-bond acceptors (Lipinski definition) is 4. The van der Waals surface area contributed by atoms with Gasteiger partial charge in [0.1, 0.15) is 5.75 Å². The summed E-state index contributed by atoms with van der Waals surface area (Å²) in [6.45, 7) is 0. The summed E-state index contributed by atoms with van der Waals surface area (Å²) in [6, 6.07) is 21.0. The van der Waals surface area contributed by atoms with Crippen LogP contribution in [0.15, 0.2) is 82.4 Å².